The highest BCUT2D eigenvalue weighted by atomic mass is 127. The van der Waals surface area contributed by atoms with Crippen molar-refractivity contribution in [3.05, 3.63) is 30.0 Å². The van der Waals surface area contributed by atoms with Crippen molar-refractivity contribution in [1.82, 2.24) is 15.1 Å². The van der Waals surface area contributed by atoms with E-state index in [0.717, 1.165) is 46.0 Å². The number of fused-ring (bicyclic) bond motifs is 1. The lowest BCUT2D eigenvalue weighted by Gasteiger charge is -2.56. The summed E-state index contributed by atoms with van der Waals surface area (Å²) in [4.78, 5) is 13.2. The van der Waals surface area contributed by atoms with Crippen molar-refractivity contribution in [2.24, 2.45) is 17.8 Å². The fourth-order valence-corrected chi connectivity index (χ4v) is 6.58. The summed E-state index contributed by atoms with van der Waals surface area (Å²) in [6.45, 7) is 0.869. The van der Waals surface area contributed by atoms with Crippen LogP contribution in [-0.4, -0.2) is 25.7 Å². The Labute approximate surface area is 168 Å². The van der Waals surface area contributed by atoms with Crippen LogP contribution in [0.2, 0.25) is 0 Å². The Balaban J connectivity index is 1.44. The van der Waals surface area contributed by atoms with E-state index in [-0.39, 0.29) is 11.4 Å². The van der Waals surface area contributed by atoms with E-state index in [4.69, 9.17) is 5.10 Å². The van der Waals surface area contributed by atoms with Gasteiger partial charge in [0.05, 0.1) is 5.52 Å². The molecule has 1 aromatic heterocycles. The lowest BCUT2D eigenvalue weighted by atomic mass is 9.53. The van der Waals surface area contributed by atoms with E-state index in [1.54, 1.807) is 0 Å². The van der Waals surface area contributed by atoms with Crippen LogP contribution in [0.5, 0.6) is 0 Å². The minimum Gasteiger partial charge on any atom is -0.345 e. The first-order valence-corrected chi connectivity index (χ1v) is 11.5. The monoisotopic (exact) mass is 463 g/mol. The third-order valence-electron chi connectivity index (χ3n) is 6.79. The molecule has 2 aromatic rings. The van der Waals surface area contributed by atoms with Crippen LogP contribution in [0.25, 0.3) is 10.9 Å². The molecule has 4 saturated carbocycles. The Morgan fingerprint density at radius 2 is 1.81 bits per heavy atom. The van der Waals surface area contributed by atoms with Gasteiger partial charge in [-0.05, 0) is 68.8 Å². The molecule has 4 aliphatic rings. The number of amides is 1. The molecule has 1 heterocycles. The summed E-state index contributed by atoms with van der Waals surface area (Å²) in [6.07, 6.45) is 8.78. The lowest BCUT2D eigenvalue weighted by molar-refractivity contribution is -0.0167. The third kappa shape index (κ3) is 2.86. The maximum Gasteiger partial charge on any atom is 0.272 e. The van der Waals surface area contributed by atoms with Gasteiger partial charge in [0.15, 0.2) is 5.69 Å². The lowest BCUT2D eigenvalue weighted by Crippen LogP contribution is -2.59. The smallest absolute Gasteiger partial charge is 0.272 e. The molecule has 1 amide bonds. The molecule has 0 aliphatic heterocycles. The molecule has 0 radical (unpaired) electrons. The topological polar surface area (TPSA) is 46.9 Å². The molecule has 4 aliphatic carbocycles. The van der Waals surface area contributed by atoms with E-state index in [2.05, 4.69) is 34.0 Å². The Morgan fingerprint density at radius 1 is 1.15 bits per heavy atom. The molecular weight excluding hydrogens is 437 g/mol. The third-order valence-corrected chi connectivity index (χ3v) is 7.56. The summed E-state index contributed by atoms with van der Waals surface area (Å²) < 4.78 is 3.11. The number of hydrogen-bond acceptors (Lipinski definition) is 2. The van der Waals surface area contributed by atoms with Crippen LogP contribution < -0.4 is 5.32 Å². The molecule has 26 heavy (non-hydrogen) atoms. The SMILES string of the molecule is O=C(NC12CC3CC(CC(C3)C1)C2)c1nn(CCCI)c2ccccc12. The second-order valence-corrected chi connectivity index (χ2v) is 9.86. The van der Waals surface area contributed by atoms with E-state index in [0.29, 0.717) is 5.69 Å². The van der Waals surface area contributed by atoms with Gasteiger partial charge >= 0.3 is 0 Å². The zero-order chi connectivity index (χ0) is 17.7. The van der Waals surface area contributed by atoms with Crippen LogP contribution in [0.4, 0.5) is 0 Å². The highest BCUT2D eigenvalue weighted by Crippen LogP contribution is 2.55. The van der Waals surface area contributed by atoms with Crippen molar-refractivity contribution < 1.29 is 4.79 Å². The van der Waals surface area contributed by atoms with Crippen molar-refractivity contribution in [2.75, 3.05) is 4.43 Å². The molecule has 1 aromatic carbocycles. The van der Waals surface area contributed by atoms with Gasteiger partial charge in [0, 0.05) is 21.9 Å². The summed E-state index contributed by atoms with van der Waals surface area (Å²) in [5.41, 5.74) is 1.73. The molecule has 6 rings (SSSR count). The average molecular weight is 463 g/mol. The van der Waals surface area contributed by atoms with E-state index >= 15 is 0 Å². The molecule has 1 N–H and O–H groups in total. The number of halogens is 1. The summed E-state index contributed by atoms with van der Waals surface area (Å²) in [6, 6.07) is 8.16. The van der Waals surface area contributed by atoms with Gasteiger partial charge in [-0.25, -0.2) is 0 Å². The second-order valence-electron chi connectivity index (χ2n) is 8.78. The number of carbonyl (C=O) groups is 1. The first kappa shape index (κ1) is 17.0. The summed E-state index contributed by atoms with van der Waals surface area (Å²) in [7, 11) is 0. The molecular formula is C21H26IN3O. The Hall–Kier alpha value is -1.11. The molecule has 138 valence electrons. The first-order chi connectivity index (χ1) is 12.7. The quantitative estimate of drug-likeness (QED) is 0.522. The van der Waals surface area contributed by atoms with Gasteiger partial charge in [0.2, 0.25) is 0 Å². The Morgan fingerprint density at radius 3 is 2.46 bits per heavy atom. The number of benzene rings is 1. The highest BCUT2D eigenvalue weighted by molar-refractivity contribution is 14.1. The minimum atomic E-state index is 0.0383. The van der Waals surface area contributed by atoms with Gasteiger partial charge in [-0.2, -0.15) is 5.10 Å². The van der Waals surface area contributed by atoms with Gasteiger partial charge in [0.25, 0.3) is 5.91 Å². The van der Waals surface area contributed by atoms with Gasteiger partial charge in [-0.1, -0.05) is 40.8 Å². The summed E-state index contributed by atoms with van der Waals surface area (Å²) in [5, 5.41) is 9.20. The second kappa shape index (κ2) is 6.50. The predicted octanol–water partition coefficient (Wildman–Crippen LogP) is 4.56. The van der Waals surface area contributed by atoms with Crippen LogP contribution in [0.3, 0.4) is 0 Å². The number of para-hydroxylation sites is 1. The van der Waals surface area contributed by atoms with Crippen molar-refractivity contribution in [1.29, 1.82) is 0 Å². The van der Waals surface area contributed by atoms with Crippen LogP contribution in [0.1, 0.15) is 55.4 Å². The number of alkyl halides is 1. The number of nitrogens with one attached hydrogen (secondary N) is 1. The van der Waals surface area contributed by atoms with Gasteiger partial charge in [-0.3, -0.25) is 9.48 Å². The van der Waals surface area contributed by atoms with Crippen molar-refractivity contribution in [3.8, 4) is 0 Å². The van der Waals surface area contributed by atoms with E-state index in [1.807, 2.05) is 22.9 Å². The number of aryl methyl sites for hydroxylation is 1. The fourth-order valence-electron chi connectivity index (χ4n) is 6.24. The summed E-state index contributed by atoms with van der Waals surface area (Å²) in [5.74, 6) is 2.54. The number of hydrogen-bond donors (Lipinski definition) is 1. The van der Waals surface area contributed by atoms with E-state index in [1.165, 1.54) is 38.5 Å². The minimum absolute atomic E-state index is 0.0383. The molecule has 4 fully saturated rings. The number of nitrogens with zero attached hydrogens (tertiary/aromatic N) is 2. The van der Waals surface area contributed by atoms with Gasteiger partial charge in [-0.15, -0.1) is 0 Å². The molecule has 0 saturated heterocycles. The highest BCUT2D eigenvalue weighted by Gasteiger charge is 2.51. The average Bonchev–Trinajstić information content (AvgIpc) is 2.97. The molecule has 0 atom stereocenters. The number of rotatable bonds is 5. The van der Waals surface area contributed by atoms with Crippen molar-refractivity contribution >= 4 is 39.4 Å². The molecule has 4 nitrogen and oxygen atoms in total. The van der Waals surface area contributed by atoms with Crippen LogP contribution in [0.15, 0.2) is 24.3 Å². The number of aromatic nitrogens is 2. The van der Waals surface area contributed by atoms with E-state index < -0.39 is 0 Å². The fraction of sp³-hybridized carbons (Fsp3) is 0.619. The molecule has 0 spiro atoms. The zero-order valence-corrected chi connectivity index (χ0v) is 17.2. The number of carbonyl (C=O) groups excluding carboxylic acids is 1. The zero-order valence-electron chi connectivity index (χ0n) is 15.1. The normalized spacial score (nSPS) is 32.3. The first-order valence-electron chi connectivity index (χ1n) is 10.00. The molecule has 0 unspecified atom stereocenters. The molecule has 5 heteroatoms. The van der Waals surface area contributed by atoms with Crippen molar-refractivity contribution in [2.45, 2.75) is 57.0 Å². The van der Waals surface area contributed by atoms with Gasteiger partial charge in [0.1, 0.15) is 0 Å². The summed E-state index contributed by atoms with van der Waals surface area (Å²) >= 11 is 2.40. The maximum absolute atomic E-state index is 13.2. The van der Waals surface area contributed by atoms with E-state index in [9.17, 15) is 4.79 Å². The van der Waals surface area contributed by atoms with Crippen LogP contribution in [0, 0.1) is 17.8 Å². The largest absolute Gasteiger partial charge is 0.345 e. The Bertz CT molecular complexity index is 808. The van der Waals surface area contributed by atoms with Crippen LogP contribution in [-0.2, 0) is 6.54 Å². The van der Waals surface area contributed by atoms with Gasteiger partial charge < -0.3 is 5.32 Å². The maximum atomic E-state index is 13.2. The standard InChI is InChI=1S/C21H26IN3O/c22-6-3-7-25-18-5-2-1-4-17(18)19(24-25)20(26)23-21-11-14-8-15(12-21)10-16(9-14)13-21/h1-2,4-5,14-16H,3,6-13H2,(H,23,26). The Kier molecular flexibility index (Phi) is 4.25. The van der Waals surface area contributed by atoms with Crippen LogP contribution >= 0.6 is 22.6 Å². The predicted molar refractivity (Wildman–Crippen MR) is 112 cm³/mol. The van der Waals surface area contributed by atoms with Crippen molar-refractivity contribution in [3.63, 3.8) is 0 Å². The molecule has 4 bridgehead atoms.